The molecule has 0 saturated heterocycles. The van der Waals surface area contributed by atoms with Crippen LogP contribution >= 0.6 is 34.8 Å². The van der Waals surface area contributed by atoms with Crippen molar-refractivity contribution in [3.63, 3.8) is 0 Å². The zero-order valence-corrected chi connectivity index (χ0v) is 30.8. The first-order valence-electron chi connectivity index (χ1n) is 15.2. The van der Waals surface area contributed by atoms with Crippen LogP contribution in [0, 0.1) is 0 Å². The smallest absolute Gasteiger partial charge is 0.264 e. The van der Waals surface area contributed by atoms with Gasteiger partial charge in [0, 0.05) is 39.6 Å². The highest BCUT2D eigenvalue weighted by molar-refractivity contribution is 7.92. The van der Waals surface area contributed by atoms with E-state index in [1.165, 1.54) is 61.6 Å². The van der Waals surface area contributed by atoms with Gasteiger partial charge in [0.15, 0.2) is 11.5 Å². The van der Waals surface area contributed by atoms with Crippen LogP contribution in [-0.2, 0) is 32.6 Å². The molecule has 0 saturated carbocycles. The number of carbonyl (C=O) groups excluding carboxylic acids is 2. The standard InChI is InChI=1S/C36H38Cl3N3O6S/c1-36(2,3)40-35(44)31(19-24-9-7-6-8-10-24)41(22-25-11-12-27(38)20-30(25)39)34(43)23-42(28-15-13-26(37)14-16-28)49(45,46)29-17-18-32(47-4)33(21-29)48-5/h6-18,20-21,31H,19,22-23H2,1-5H3,(H,40,44). The second-order valence-electron chi connectivity index (χ2n) is 12.2. The summed E-state index contributed by atoms with van der Waals surface area (Å²) in [5.41, 5.74) is 0.853. The quantitative estimate of drug-likeness (QED) is 0.153. The Hall–Kier alpha value is -3.96. The van der Waals surface area contributed by atoms with Gasteiger partial charge in [0.05, 0.1) is 24.8 Å². The highest BCUT2D eigenvalue weighted by atomic mass is 35.5. The number of hydrogen-bond acceptors (Lipinski definition) is 6. The third-order valence-electron chi connectivity index (χ3n) is 7.46. The highest BCUT2D eigenvalue weighted by Gasteiger charge is 2.36. The molecule has 2 amide bonds. The van der Waals surface area contributed by atoms with Crippen LogP contribution in [0.25, 0.3) is 0 Å². The zero-order chi connectivity index (χ0) is 35.9. The summed E-state index contributed by atoms with van der Waals surface area (Å²) in [5, 5.41) is 4.05. The van der Waals surface area contributed by atoms with Crippen molar-refractivity contribution in [2.24, 2.45) is 0 Å². The third kappa shape index (κ3) is 9.82. The summed E-state index contributed by atoms with van der Waals surface area (Å²) in [7, 11) is -1.58. The van der Waals surface area contributed by atoms with E-state index >= 15 is 0 Å². The van der Waals surface area contributed by atoms with E-state index in [4.69, 9.17) is 44.3 Å². The van der Waals surface area contributed by atoms with Crippen LogP contribution in [0.4, 0.5) is 5.69 Å². The van der Waals surface area contributed by atoms with Crippen LogP contribution in [0.2, 0.25) is 15.1 Å². The minimum Gasteiger partial charge on any atom is -0.493 e. The van der Waals surface area contributed by atoms with E-state index in [9.17, 15) is 18.0 Å². The van der Waals surface area contributed by atoms with Gasteiger partial charge < -0.3 is 19.7 Å². The molecule has 260 valence electrons. The predicted molar refractivity (Wildman–Crippen MR) is 194 cm³/mol. The number of ether oxygens (including phenoxy) is 2. The number of nitrogens with zero attached hydrogens (tertiary/aromatic N) is 2. The molecular weight excluding hydrogens is 709 g/mol. The normalized spacial score (nSPS) is 12.2. The molecule has 0 bridgehead atoms. The average molecular weight is 747 g/mol. The van der Waals surface area contributed by atoms with Crippen molar-refractivity contribution in [1.82, 2.24) is 10.2 Å². The molecule has 0 aliphatic heterocycles. The lowest BCUT2D eigenvalue weighted by molar-refractivity contribution is -0.140. The molecule has 4 aromatic rings. The summed E-state index contributed by atoms with van der Waals surface area (Å²) in [6.45, 7) is 4.73. The Morgan fingerprint density at radius 1 is 0.816 bits per heavy atom. The number of amides is 2. The lowest BCUT2D eigenvalue weighted by atomic mass is 10.0. The lowest BCUT2D eigenvalue weighted by Crippen LogP contribution is -2.56. The Kier molecular flexibility index (Phi) is 12.5. The molecule has 1 N–H and O–H groups in total. The number of halogens is 3. The van der Waals surface area contributed by atoms with Gasteiger partial charge in [-0.1, -0.05) is 71.2 Å². The molecule has 0 aliphatic rings. The summed E-state index contributed by atoms with van der Waals surface area (Å²) in [5.74, 6) is -0.562. The van der Waals surface area contributed by atoms with Crippen LogP contribution in [0.1, 0.15) is 31.9 Å². The maximum atomic E-state index is 14.7. The van der Waals surface area contributed by atoms with E-state index in [0.29, 0.717) is 21.4 Å². The minimum atomic E-state index is -4.41. The van der Waals surface area contributed by atoms with E-state index < -0.39 is 40.0 Å². The molecule has 1 unspecified atom stereocenters. The lowest BCUT2D eigenvalue weighted by Gasteiger charge is -2.35. The Morgan fingerprint density at radius 3 is 2.04 bits per heavy atom. The molecule has 1 atom stereocenters. The Morgan fingerprint density at radius 2 is 1.45 bits per heavy atom. The second-order valence-corrected chi connectivity index (χ2v) is 15.3. The Balaban J connectivity index is 1.86. The summed E-state index contributed by atoms with van der Waals surface area (Å²) < 4.78 is 40.4. The van der Waals surface area contributed by atoms with Crippen molar-refractivity contribution >= 4 is 62.3 Å². The molecule has 0 heterocycles. The maximum Gasteiger partial charge on any atom is 0.264 e. The van der Waals surface area contributed by atoms with E-state index in [0.717, 1.165) is 9.87 Å². The van der Waals surface area contributed by atoms with Gasteiger partial charge in [0.25, 0.3) is 10.0 Å². The highest BCUT2D eigenvalue weighted by Crippen LogP contribution is 2.33. The van der Waals surface area contributed by atoms with Crippen molar-refractivity contribution < 1.29 is 27.5 Å². The number of benzene rings is 4. The van der Waals surface area contributed by atoms with Crippen molar-refractivity contribution in [3.05, 3.63) is 117 Å². The largest absolute Gasteiger partial charge is 0.493 e. The summed E-state index contributed by atoms with van der Waals surface area (Å²) >= 11 is 18.9. The topological polar surface area (TPSA) is 105 Å². The Labute approximate surface area is 302 Å². The van der Waals surface area contributed by atoms with Crippen LogP contribution in [0.3, 0.4) is 0 Å². The van der Waals surface area contributed by atoms with Gasteiger partial charge in [0.1, 0.15) is 12.6 Å². The van der Waals surface area contributed by atoms with Gasteiger partial charge in [0.2, 0.25) is 11.8 Å². The van der Waals surface area contributed by atoms with Crippen molar-refractivity contribution in [2.75, 3.05) is 25.1 Å². The molecule has 0 fully saturated rings. The average Bonchev–Trinajstić information content (AvgIpc) is 3.05. The first-order valence-corrected chi connectivity index (χ1v) is 17.8. The number of methoxy groups -OCH3 is 2. The number of carbonyl (C=O) groups is 2. The van der Waals surface area contributed by atoms with E-state index in [2.05, 4.69) is 5.32 Å². The maximum absolute atomic E-state index is 14.7. The molecule has 13 heteroatoms. The fourth-order valence-electron chi connectivity index (χ4n) is 5.08. The SMILES string of the molecule is COc1ccc(S(=O)(=O)N(CC(=O)N(Cc2ccc(Cl)cc2Cl)C(Cc2ccccc2)C(=O)NC(C)(C)C)c2ccc(Cl)cc2)cc1OC. The number of nitrogens with one attached hydrogen (secondary N) is 1. The molecule has 4 rings (SSSR count). The molecule has 0 aliphatic carbocycles. The number of anilines is 1. The third-order valence-corrected chi connectivity index (χ3v) is 10.1. The van der Waals surface area contributed by atoms with Gasteiger partial charge in [-0.25, -0.2) is 8.42 Å². The van der Waals surface area contributed by atoms with E-state index in [1.807, 2.05) is 51.1 Å². The summed E-state index contributed by atoms with van der Waals surface area (Å²) in [6, 6.07) is 23.3. The molecule has 0 radical (unpaired) electrons. The second kappa shape index (κ2) is 16.2. The van der Waals surface area contributed by atoms with Gasteiger partial charge in [-0.05, 0) is 80.4 Å². The molecule has 0 spiro atoms. The molecule has 4 aromatic carbocycles. The Bertz CT molecular complexity index is 1880. The number of rotatable bonds is 13. The van der Waals surface area contributed by atoms with Gasteiger partial charge in [-0.2, -0.15) is 0 Å². The molecular formula is C36H38Cl3N3O6S. The van der Waals surface area contributed by atoms with Crippen LogP contribution in [0.5, 0.6) is 11.5 Å². The monoisotopic (exact) mass is 745 g/mol. The van der Waals surface area contributed by atoms with Crippen molar-refractivity contribution in [1.29, 1.82) is 0 Å². The zero-order valence-electron chi connectivity index (χ0n) is 27.7. The van der Waals surface area contributed by atoms with E-state index in [-0.39, 0.29) is 34.3 Å². The van der Waals surface area contributed by atoms with Crippen molar-refractivity contribution in [3.8, 4) is 11.5 Å². The van der Waals surface area contributed by atoms with E-state index in [1.54, 1.807) is 18.2 Å². The van der Waals surface area contributed by atoms with Crippen LogP contribution < -0.4 is 19.1 Å². The number of hydrogen-bond donors (Lipinski definition) is 1. The molecule has 49 heavy (non-hydrogen) atoms. The van der Waals surface area contributed by atoms with Crippen molar-refractivity contribution in [2.45, 2.75) is 50.2 Å². The van der Waals surface area contributed by atoms with Crippen LogP contribution in [-0.4, -0.2) is 57.5 Å². The fraction of sp³-hybridized carbons (Fsp3) is 0.278. The molecule has 0 aromatic heterocycles. The van der Waals surface area contributed by atoms with Gasteiger partial charge in [-0.3, -0.25) is 13.9 Å². The van der Waals surface area contributed by atoms with Gasteiger partial charge >= 0.3 is 0 Å². The fourth-order valence-corrected chi connectivity index (χ4v) is 7.10. The first-order chi connectivity index (χ1) is 23.1. The predicted octanol–water partition coefficient (Wildman–Crippen LogP) is 7.41. The molecule has 9 nitrogen and oxygen atoms in total. The minimum absolute atomic E-state index is 0.116. The van der Waals surface area contributed by atoms with Crippen LogP contribution in [0.15, 0.2) is 95.9 Å². The first kappa shape index (κ1) is 37.9. The number of sulfonamides is 1. The summed E-state index contributed by atoms with van der Waals surface area (Å²) in [4.78, 5) is 29.9. The van der Waals surface area contributed by atoms with Gasteiger partial charge in [-0.15, -0.1) is 0 Å². The summed E-state index contributed by atoms with van der Waals surface area (Å²) in [6.07, 6.45) is 0.142.